The SMILES string of the molecule is Cc1cc(C(O)C2(CN)CCC(C(C)C)CC2)c(C)s1. The van der Waals surface area contributed by atoms with Crippen molar-refractivity contribution in [2.24, 2.45) is 23.0 Å². The molecule has 3 heteroatoms. The second kappa shape index (κ2) is 6.17. The Balaban J connectivity index is 2.18. The highest BCUT2D eigenvalue weighted by Gasteiger charge is 2.42. The van der Waals surface area contributed by atoms with E-state index in [0.29, 0.717) is 6.54 Å². The molecule has 1 heterocycles. The van der Waals surface area contributed by atoms with E-state index in [4.69, 9.17) is 5.73 Å². The van der Waals surface area contributed by atoms with E-state index in [9.17, 15) is 5.11 Å². The van der Waals surface area contributed by atoms with Crippen LogP contribution < -0.4 is 5.73 Å². The van der Waals surface area contributed by atoms with Crippen LogP contribution in [0.5, 0.6) is 0 Å². The molecule has 1 atom stereocenters. The Kier molecular flexibility index (Phi) is 4.93. The van der Waals surface area contributed by atoms with E-state index in [1.165, 1.54) is 22.6 Å². The second-order valence-electron chi connectivity index (χ2n) is 6.92. The van der Waals surface area contributed by atoms with Gasteiger partial charge in [0.05, 0.1) is 6.10 Å². The highest BCUT2D eigenvalue weighted by Crippen LogP contribution is 2.49. The maximum Gasteiger partial charge on any atom is 0.0869 e. The van der Waals surface area contributed by atoms with E-state index in [2.05, 4.69) is 33.8 Å². The van der Waals surface area contributed by atoms with Crippen molar-refractivity contribution in [1.29, 1.82) is 0 Å². The fraction of sp³-hybridized carbons (Fsp3) is 0.765. The normalized spacial score (nSPS) is 28.9. The van der Waals surface area contributed by atoms with E-state index in [0.717, 1.165) is 30.2 Å². The minimum Gasteiger partial charge on any atom is -0.388 e. The molecular weight excluding hydrogens is 266 g/mol. The topological polar surface area (TPSA) is 46.2 Å². The molecule has 1 unspecified atom stereocenters. The summed E-state index contributed by atoms with van der Waals surface area (Å²) in [6.07, 6.45) is 4.12. The van der Waals surface area contributed by atoms with Crippen LogP contribution in [0.15, 0.2) is 6.07 Å². The maximum atomic E-state index is 10.9. The molecule has 20 heavy (non-hydrogen) atoms. The van der Waals surface area contributed by atoms with Gasteiger partial charge in [0.1, 0.15) is 0 Å². The molecule has 2 rings (SSSR count). The van der Waals surface area contributed by atoms with Gasteiger partial charge in [-0.3, -0.25) is 0 Å². The molecule has 1 fully saturated rings. The molecule has 0 saturated heterocycles. The van der Waals surface area contributed by atoms with Crippen molar-refractivity contribution in [3.8, 4) is 0 Å². The smallest absolute Gasteiger partial charge is 0.0869 e. The molecule has 0 aliphatic heterocycles. The quantitative estimate of drug-likeness (QED) is 0.875. The average Bonchev–Trinajstić information content (AvgIpc) is 2.76. The van der Waals surface area contributed by atoms with Gasteiger partial charge in [-0.05, 0) is 63.0 Å². The van der Waals surface area contributed by atoms with E-state index >= 15 is 0 Å². The zero-order valence-corrected chi connectivity index (χ0v) is 14.1. The third-order valence-electron chi connectivity index (χ3n) is 5.33. The number of thiophene rings is 1. The molecule has 1 aliphatic rings. The zero-order chi connectivity index (χ0) is 14.9. The van der Waals surface area contributed by atoms with Crippen LogP contribution >= 0.6 is 11.3 Å². The fourth-order valence-corrected chi connectivity index (χ4v) is 4.68. The minimum absolute atomic E-state index is 0.107. The van der Waals surface area contributed by atoms with Crippen LogP contribution in [0.1, 0.15) is 61.0 Å². The number of aliphatic hydroxyl groups excluding tert-OH is 1. The lowest BCUT2D eigenvalue weighted by molar-refractivity contribution is -0.0149. The highest BCUT2D eigenvalue weighted by atomic mass is 32.1. The fourth-order valence-electron chi connectivity index (χ4n) is 3.72. The molecule has 0 amide bonds. The summed E-state index contributed by atoms with van der Waals surface area (Å²) >= 11 is 1.78. The summed E-state index contributed by atoms with van der Waals surface area (Å²) < 4.78 is 0. The summed E-state index contributed by atoms with van der Waals surface area (Å²) in [4.78, 5) is 2.52. The van der Waals surface area contributed by atoms with Crippen LogP contribution in [0, 0.1) is 31.1 Å². The standard InChI is InChI=1S/C17H29NOS/c1-11(2)14-5-7-17(10-18,8-6-14)16(19)15-9-12(3)20-13(15)4/h9,11,14,16,19H,5-8,10,18H2,1-4H3. The lowest BCUT2D eigenvalue weighted by Gasteiger charge is -2.44. The van der Waals surface area contributed by atoms with Gasteiger partial charge in [-0.1, -0.05) is 13.8 Å². The minimum atomic E-state index is -0.398. The van der Waals surface area contributed by atoms with Crippen LogP contribution in [0.2, 0.25) is 0 Å². The van der Waals surface area contributed by atoms with Gasteiger partial charge in [-0.25, -0.2) is 0 Å². The van der Waals surface area contributed by atoms with Gasteiger partial charge < -0.3 is 10.8 Å². The molecule has 1 aromatic heterocycles. The van der Waals surface area contributed by atoms with E-state index in [1.54, 1.807) is 11.3 Å². The molecule has 1 saturated carbocycles. The lowest BCUT2D eigenvalue weighted by Crippen LogP contribution is -2.41. The predicted molar refractivity (Wildman–Crippen MR) is 87.0 cm³/mol. The largest absolute Gasteiger partial charge is 0.388 e. The maximum absolute atomic E-state index is 10.9. The van der Waals surface area contributed by atoms with Crippen molar-refractivity contribution in [2.45, 2.75) is 59.5 Å². The Morgan fingerprint density at radius 1 is 1.35 bits per heavy atom. The number of aryl methyl sites for hydroxylation is 2. The average molecular weight is 295 g/mol. The first kappa shape index (κ1) is 16.0. The Morgan fingerprint density at radius 3 is 2.35 bits per heavy atom. The summed E-state index contributed by atoms with van der Waals surface area (Å²) in [5.74, 6) is 1.54. The third kappa shape index (κ3) is 2.95. The van der Waals surface area contributed by atoms with Gasteiger partial charge in [-0.2, -0.15) is 0 Å². The number of rotatable bonds is 4. The molecule has 0 bridgehead atoms. The molecule has 2 nitrogen and oxygen atoms in total. The summed E-state index contributed by atoms with van der Waals surface area (Å²) in [6.45, 7) is 9.43. The first-order chi connectivity index (χ1) is 9.39. The number of hydrogen-bond acceptors (Lipinski definition) is 3. The Hall–Kier alpha value is -0.380. The first-order valence-electron chi connectivity index (χ1n) is 7.84. The zero-order valence-electron chi connectivity index (χ0n) is 13.3. The molecule has 1 aromatic rings. The van der Waals surface area contributed by atoms with Crippen LogP contribution in [-0.4, -0.2) is 11.7 Å². The van der Waals surface area contributed by atoms with Crippen LogP contribution in [0.3, 0.4) is 0 Å². The lowest BCUT2D eigenvalue weighted by atomic mass is 9.64. The Labute approximate surface area is 127 Å². The van der Waals surface area contributed by atoms with Crippen molar-refractivity contribution in [1.82, 2.24) is 0 Å². The summed E-state index contributed by atoms with van der Waals surface area (Å²) in [7, 11) is 0. The third-order valence-corrected chi connectivity index (χ3v) is 6.31. The van der Waals surface area contributed by atoms with Crippen molar-refractivity contribution >= 4 is 11.3 Å². The molecule has 1 aliphatic carbocycles. The molecule has 3 N–H and O–H groups in total. The van der Waals surface area contributed by atoms with E-state index < -0.39 is 6.10 Å². The molecule has 0 aromatic carbocycles. The van der Waals surface area contributed by atoms with Gasteiger partial charge in [-0.15, -0.1) is 11.3 Å². The van der Waals surface area contributed by atoms with Crippen molar-refractivity contribution in [3.63, 3.8) is 0 Å². The van der Waals surface area contributed by atoms with Gasteiger partial charge in [0.2, 0.25) is 0 Å². The first-order valence-corrected chi connectivity index (χ1v) is 8.66. The Morgan fingerprint density at radius 2 is 1.95 bits per heavy atom. The van der Waals surface area contributed by atoms with Gasteiger partial charge in [0.25, 0.3) is 0 Å². The van der Waals surface area contributed by atoms with Crippen LogP contribution in [0.25, 0.3) is 0 Å². The van der Waals surface area contributed by atoms with Gasteiger partial charge >= 0.3 is 0 Å². The molecular formula is C17H29NOS. The van der Waals surface area contributed by atoms with Gasteiger partial charge in [0.15, 0.2) is 0 Å². The number of aliphatic hydroxyl groups is 1. The molecule has 0 radical (unpaired) electrons. The van der Waals surface area contributed by atoms with Crippen molar-refractivity contribution < 1.29 is 5.11 Å². The number of hydrogen-bond donors (Lipinski definition) is 2. The Bertz CT molecular complexity index is 444. The van der Waals surface area contributed by atoms with Crippen molar-refractivity contribution in [2.75, 3.05) is 6.54 Å². The van der Waals surface area contributed by atoms with Crippen LogP contribution in [0.4, 0.5) is 0 Å². The summed E-state index contributed by atoms with van der Waals surface area (Å²) in [6, 6.07) is 2.15. The highest BCUT2D eigenvalue weighted by molar-refractivity contribution is 7.12. The molecule has 0 spiro atoms. The summed E-state index contributed by atoms with van der Waals surface area (Å²) in [5, 5.41) is 10.9. The van der Waals surface area contributed by atoms with Gasteiger partial charge in [0, 0.05) is 21.7 Å². The van der Waals surface area contributed by atoms with E-state index in [1.807, 2.05) is 0 Å². The number of nitrogens with two attached hydrogens (primary N) is 1. The summed E-state index contributed by atoms with van der Waals surface area (Å²) in [5.41, 5.74) is 7.10. The van der Waals surface area contributed by atoms with Crippen molar-refractivity contribution in [3.05, 3.63) is 21.4 Å². The van der Waals surface area contributed by atoms with E-state index in [-0.39, 0.29) is 5.41 Å². The second-order valence-corrected chi connectivity index (χ2v) is 8.38. The molecule has 114 valence electrons. The monoisotopic (exact) mass is 295 g/mol. The predicted octanol–water partition coefficient (Wildman–Crippen LogP) is 4.19. The van der Waals surface area contributed by atoms with Crippen LogP contribution in [-0.2, 0) is 0 Å².